The Labute approximate surface area is 171 Å². The molecule has 2 aromatic heterocycles. The van der Waals surface area contributed by atoms with Gasteiger partial charge in [0.05, 0.1) is 17.6 Å². The molecule has 29 heavy (non-hydrogen) atoms. The second kappa shape index (κ2) is 6.97. The van der Waals surface area contributed by atoms with Crippen molar-refractivity contribution in [2.45, 2.75) is 25.3 Å². The van der Waals surface area contributed by atoms with E-state index < -0.39 is 0 Å². The molecule has 6 nitrogen and oxygen atoms in total. The van der Waals surface area contributed by atoms with Gasteiger partial charge in [-0.3, -0.25) is 9.59 Å². The summed E-state index contributed by atoms with van der Waals surface area (Å²) in [5, 5.41) is 10.3. The minimum atomic E-state index is -0.342. The zero-order chi connectivity index (χ0) is 20.0. The number of carbonyl (C=O) groups excluding carboxylic acids is 1. The Morgan fingerprint density at radius 3 is 2.62 bits per heavy atom. The van der Waals surface area contributed by atoms with Crippen molar-refractivity contribution in [3.63, 3.8) is 0 Å². The number of rotatable bonds is 5. The van der Waals surface area contributed by atoms with E-state index in [1.807, 2.05) is 18.2 Å². The fraction of sp³-hybridized carbons (Fsp3) is 0.182. The van der Waals surface area contributed by atoms with Crippen LogP contribution in [-0.2, 0) is 6.54 Å². The van der Waals surface area contributed by atoms with E-state index in [9.17, 15) is 9.59 Å². The van der Waals surface area contributed by atoms with Crippen molar-refractivity contribution in [2.24, 2.45) is 0 Å². The van der Waals surface area contributed by atoms with Crippen LogP contribution in [0.5, 0.6) is 0 Å². The van der Waals surface area contributed by atoms with Gasteiger partial charge in [-0.2, -0.15) is 10.2 Å². The smallest absolute Gasteiger partial charge is 0.292 e. The second-order valence-corrected chi connectivity index (χ2v) is 7.65. The molecule has 7 heteroatoms. The van der Waals surface area contributed by atoms with Gasteiger partial charge in [-0.1, -0.05) is 48.0 Å². The molecule has 1 aliphatic carbocycles. The molecule has 4 aromatic rings. The maximum absolute atomic E-state index is 13.3. The zero-order valence-electron chi connectivity index (χ0n) is 15.5. The molecule has 144 valence electrons. The van der Waals surface area contributed by atoms with E-state index in [0.29, 0.717) is 27.7 Å². The minimum Gasteiger partial charge on any atom is -0.292 e. The summed E-state index contributed by atoms with van der Waals surface area (Å²) in [5.41, 5.74) is 2.15. The van der Waals surface area contributed by atoms with E-state index in [1.165, 1.54) is 4.68 Å². The highest BCUT2D eigenvalue weighted by molar-refractivity contribution is 6.30. The van der Waals surface area contributed by atoms with Crippen LogP contribution < -0.4 is 5.56 Å². The maximum Gasteiger partial charge on any atom is 0.293 e. The van der Waals surface area contributed by atoms with Crippen molar-refractivity contribution >= 4 is 28.3 Å². The van der Waals surface area contributed by atoms with E-state index in [1.54, 1.807) is 47.3 Å². The van der Waals surface area contributed by atoms with Crippen molar-refractivity contribution in [2.75, 3.05) is 0 Å². The summed E-state index contributed by atoms with van der Waals surface area (Å²) >= 11 is 6.13. The van der Waals surface area contributed by atoms with E-state index in [-0.39, 0.29) is 17.9 Å². The van der Waals surface area contributed by atoms with Crippen LogP contribution >= 0.6 is 11.6 Å². The Hall–Kier alpha value is -3.25. The molecule has 2 heterocycles. The number of benzene rings is 2. The molecule has 0 radical (unpaired) electrons. The molecule has 0 unspecified atom stereocenters. The number of hydrogen-bond donors (Lipinski definition) is 0. The Balaban J connectivity index is 1.67. The summed E-state index contributed by atoms with van der Waals surface area (Å²) in [5.74, 6) is 0.142. The van der Waals surface area contributed by atoms with Crippen LogP contribution in [0, 0.1) is 0 Å². The minimum absolute atomic E-state index is 0.112. The summed E-state index contributed by atoms with van der Waals surface area (Å²) in [6.07, 6.45) is 3.73. The van der Waals surface area contributed by atoms with Crippen LogP contribution in [-0.4, -0.2) is 25.3 Å². The summed E-state index contributed by atoms with van der Waals surface area (Å²) in [6, 6.07) is 16.1. The van der Waals surface area contributed by atoms with Gasteiger partial charge in [0.15, 0.2) is 5.78 Å². The maximum atomic E-state index is 13.3. The van der Waals surface area contributed by atoms with Crippen molar-refractivity contribution < 1.29 is 4.79 Å². The van der Waals surface area contributed by atoms with Crippen LogP contribution in [0.3, 0.4) is 0 Å². The van der Waals surface area contributed by atoms with Gasteiger partial charge in [0.1, 0.15) is 12.1 Å². The van der Waals surface area contributed by atoms with Gasteiger partial charge in [0.25, 0.3) is 5.56 Å². The molecule has 5 rings (SSSR count). The number of fused-ring (bicyclic) bond motifs is 1. The normalized spacial score (nSPS) is 13.7. The van der Waals surface area contributed by atoms with Crippen molar-refractivity contribution in [1.82, 2.24) is 19.6 Å². The van der Waals surface area contributed by atoms with Crippen LogP contribution in [0.2, 0.25) is 5.02 Å². The van der Waals surface area contributed by atoms with Crippen molar-refractivity contribution in [3.05, 3.63) is 87.4 Å². The molecule has 0 aliphatic heterocycles. The Bertz CT molecular complexity index is 1290. The predicted octanol–water partition coefficient (Wildman–Crippen LogP) is 4.00. The highest BCUT2D eigenvalue weighted by Gasteiger charge is 2.30. The zero-order valence-corrected chi connectivity index (χ0v) is 16.2. The van der Waals surface area contributed by atoms with Gasteiger partial charge < -0.3 is 0 Å². The van der Waals surface area contributed by atoms with Crippen LogP contribution in [0.1, 0.15) is 34.8 Å². The van der Waals surface area contributed by atoms with Crippen molar-refractivity contribution in [3.8, 4) is 5.69 Å². The second-order valence-electron chi connectivity index (χ2n) is 7.21. The van der Waals surface area contributed by atoms with Crippen LogP contribution in [0.15, 0.2) is 65.6 Å². The SMILES string of the molecule is O=C(Cn1nc(C2CC2)c2cnn(-c3cccc(Cl)c3)c2c1=O)c1ccccc1. The summed E-state index contributed by atoms with van der Waals surface area (Å²) < 4.78 is 2.86. The van der Waals surface area contributed by atoms with Crippen molar-refractivity contribution in [1.29, 1.82) is 0 Å². The Morgan fingerprint density at radius 2 is 1.90 bits per heavy atom. The summed E-state index contributed by atoms with van der Waals surface area (Å²) in [7, 11) is 0. The molecule has 2 aromatic carbocycles. The van der Waals surface area contributed by atoms with E-state index in [0.717, 1.165) is 23.9 Å². The third kappa shape index (κ3) is 3.25. The lowest BCUT2D eigenvalue weighted by molar-refractivity contribution is 0.0965. The Morgan fingerprint density at radius 1 is 1.10 bits per heavy atom. The number of hydrogen-bond acceptors (Lipinski definition) is 4. The molecular formula is C22H17ClN4O2. The number of Topliss-reactive ketones (excluding diaryl/α,β-unsaturated/α-hetero) is 1. The number of aromatic nitrogens is 4. The van der Waals surface area contributed by atoms with Gasteiger partial charge >= 0.3 is 0 Å². The quantitative estimate of drug-likeness (QED) is 0.471. The molecule has 0 bridgehead atoms. The van der Waals surface area contributed by atoms with E-state index in [4.69, 9.17) is 11.6 Å². The third-order valence-corrected chi connectivity index (χ3v) is 5.35. The van der Waals surface area contributed by atoms with Crippen LogP contribution in [0.25, 0.3) is 16.6 Å². The summed E-state index contributed by atoms with van der Waals surface area (Å²) in [6.45, 7) is -0.112. The molecule has 0 N–H and O–H groups in total. The van der Waals surface area contributed by atoms with Crippen LogP contribution in [0.4, 0.5) is 0 Å². The monoisotopic (exact) mass is 404 g/mol. The highest BCUT2D eigenvalue weighted by Crippen LogP contribution is 2.41. The lowest BCUT2D eigenvalue weighted by Crippen LogP contribution is -2.29. The third-order valence-electron chi connectivity index (χ3n) is 5.12. The fourth-order valence-corrected chi connectivity index (χ4v) is 3.70. The van der Waals surface area contributed by atoms with Gasteiger partial charge in [-0.25, -0.2) is 9.36 Å². The van der Waals surface area contributed by atoms with E-state index >= 15 is 0 Å². The Kier molecular flexibility index (Phi) is 4.28. The first kappa shape index (κ1) is 17.8. The molecule has 0 atom stereocenters. The molecule has 1 saturated carbocycles. The fourth-order valence-electron chi connectivity index (χ4n) is 3.51. The molecule has 0 spiro atoms. The van der Waals surface area contributed by atoms with Gasteiger partial charge in [-0.05, 0) is 31.0 Å². The first-order valence-corrected chi connectivity index (χ1v) is 9.82. The lowest BCUT2D eigenvalue weighted by Gasteiger charge is -2.10. The number of halogens is 1. The first-order chi connectivity index (χ1) is 14.1. The predicted molar refractivity (Wildman–Crippen MR) is 111 cm³/mol. The lowest BCUT2D eigenvalue weighted by atomic mass is 10.1. The molecular weight excluding hydrogens is 388 g/mol. The first-order valence-electron chi connectivity index (χ1n) is 9.45. The van der Waals surface area contributed by atoms with Gasteiger partial charge in [0, 0.05) is 21.9 Å². The summed E-state index contributed by atoms with van der Waals surface area (Å²) in [4.78, 5) is 26.0. The van der Waals surface area contributed by atoms with Gasteiger partial charge in [0.2, 0.25) is 0 Å². The largest absolute Gasteiger partial charge is 0.293 e. The molecule has 0 amide bonds. The standard InChI is InChI=1S/C22H17ClN4O2/c23-16-7-4-8-17(11-16)27-21-18(12-24-27)20(15-9-10-15)25-26(22(21)29)13-19(28)14-5-2-1-3-6-14/h1-8,11-12,15H,9-10,13H2. The molecule has 1 fully saturated rings. The van der Waals surface area contributed by atoms with Gasteiger partial charge in [-0.15, -0.1) is 0 Å². The number of carbonyl (C=O) groups is 1. The average molecular weight is 405 g/mol. The topological polar surface area (TPSA) is 69.8 Å². The molecule has 0 saturated heterocycles. The number of ketones is 1. The average Bonchev–Trinajstić information content (AvgIpc) is 3.48. The number of nitrogens with zero attached hydrogens (tertiary/aromatic N) is 4. The molecule has 1 aliphatic rings. The van der Waals surface area contributed by atoms with E-state index in [2.05, 4.69) is 10.2 Å². The highest BCUT2D eigenvalue weighted by atomic mass is 35.5.